The SMILES string of the molecule is CCC(C)NC(=O)C(Cc1ccccc1)N(Cc1ccc(Cl)c(Cl)c1)C(=O)CCc1ccccc1Cl. The summed E-state index contributed by atoms with van der Waals surface area (Å²) in [5.41, 5.74) is 2.66. The van der Waals surface area contributed by atoms with Crippen LogP contribution in [0, 0.1) is 0 Å². The number of carbonyl (C=O) groups excluding carboxylic acids is 2. The van der Waals surface area contributed by atoms with Gasteiger partial charge in [0.05, 0.1) is 10.0 Å². The maximum atomic E-state index is 13.7. The predicted molar refractivity (Wildman–Crippen MR) is 149 cm³/mol. The minimum atomic E-state index is -0.699. The van der Waals surface area contributed by atoms with Crippen LogP contribution in [-0.4, -0.2) is 28.8 Å². The van der Waals surface area contributed by atoms with Crippen molar-refractivity contribution in [3.8, 4) is 0 Å². The summed E-state index contributed by atoms with van der Waals surface area (Å²) >= 11 is 18.7. The molecule has 3 rings (SSSR count). The largest absolute Gasteiger partial charge is 0.352 e. The van der Waals surface area contributed by atoms with Crippen LogP contribution in [0.25, 0.3) is 0 Å². The number of rotatable bonds is 11. The van der Waals surface area contributed by atoms with E-state index in [1.54, 1.807) is 17.0 Å². The number of hydrogen-bond acceptors (Lipinski definition) is 2. The van der Waals surface area contributed by atoms with Crippen LogP contribution in [0.5, 0.6) is 0 Å². The van der Waals surface area contributed by atoms with Gasteiger partial charge in [0.1, 0.15) is 6.04 Å². The molecule has 0 bridgehead atoms. The number of carbonyl (C=O) groups is 2. The highest BCUT2D eigenvalue weighted by molar-refractivity contribution is 6.42. The van der Waals surface area contributed by atoms with Gasteiger partial charge in [-0.05, 0) is 54.7 Å². The fourth-order valence-corrected chi connectivity index (χ4v) is 4.47. The van der Waals surface area contributed by atoms with Gasteiger partial charge in [0.15, 0.2) is 0 Å². The summed E-state index contributed by atoms with van der Waals surface area (Å²) in [5, 5.41) is 4.54. The molecule has 0 aliphatic heterocycles. The first-order valence-corrected chi connectivity index (χ1v) is 13.2. The van der Waals surface area contributed by atoms with Crippen molar-refractivity contribution in [2.75, 3.05) is 0 Å². The van der Waals surface area contributed by atoms with Crippen molar-refractivity contribution in [1.82, 2.24) is 10.2 Å². The molecule has 0 heterocycles. The van der Waals surface area contributed by atoms with Crippen molar-refractivity contribution >= 4 is 46.6 Å². The van der Waals surface area contributed by atoms with Crippen molar-refractivity contribution in [1.29, 1.82) is 0 Å². The van der Waals surface area contributed by atoms with Gasteiger partial charge in [-0.25, -0.2) is 0 Å². The lowest BCUT2D eigenvalue weighted by Crippen LogP contribution is -2.52. The minimum Gasteiger partial charge on any atom is -0.352 e. The fraction of sp³-hybridized carbons (Fsp3) is 0.310. The molecule has 0 saturated heterocycles. The van der Waals surface area contributed by atoms with Gasteiger partial charge in [0.2, 0.25) is 11.8 Å². The van der Waals surface area contributed by atoms with Gasteiger partial charge in [-0.3, -0.25) is 9.59 Å². The highest BCUT2D eigenvalue weighted by atomic mass is 35.5. The lowest BCUT2D eigenvalue weighted by molar-refractivity contribution is -0.141. The Morgan fingerprint density at radius 2 is 1.56 bits per heavy atom. The van der Waals surface area contributed by atoms with Crippen LogP contribution in [0.2, 0.25) is 15.1 Å². The smallest absolute Gasteiger partial charge is 0.243 e. The average Bonchev–Trinajstić information content (AvgIpc) is 2.88. The van der Waals surface area contributed by atoms with Crippen molar-refractivity contribution in [2.45, 2.75) is 58.2 Å². The number of aryl methyl sites for hydroxylation is 1. The molecule has 4 nitrogen and oxygen atoms in total. The molecule has 2 atom stereocenters. The van der Waals surface area contributed by atoms with Crippen LogP contribution in [-0.2, 0) is 29.0 Å². The number of amides is 2. The van der Waals surface area contributed by atoms with Crippen molar-refractivity contribution in [2.24, 2.45) is 0 Å². The number of nitrogens with one attached hydrogen (secondary N) is 1. The Kier molecular flexibility index (Phi) is 10.7. The number of nitrogens with zero attached hydrogens (tertiary/aromatic N) is 1. The fourth-order valence-electron chi connectivity index (χ4n) is 3.92. The molecule has 0 aromatic heterocycles. The molecular formula is C29H31Cl3N2O2. The van der Waals surface area contributed by atoms with E-state index in [4.69, 9.17) is 34.8 Å². The number of hydrogen-bond donors (Lipinski definition) is 1. The standard InChI is InChI=1S/C29H31Cl3N2O2/c1-3-20(2)33-29(36)27(18-21-9-5-4-6-10-21)34(19-22-13-15-25(31)26(32)17-22)28(35)16-14-23-11-7-8-12-24(23)30/h4-13,15,17,20,27H,3,14,16,18-19H2,1-2H3,(H,33,36). The molecule has 0 aliphatic carbocycles. The van der Waals surface area contributed by atoms with Gasteiger partial charge in [-0.2, -0.15) is 0 Å². The lowest BCUT2D eigenvalue weighted by atomic mass is 10.0. The number of benzene rings is 3. The van der Waals surface area contributed by atoms with Gasteiger partial charge in [0, 0.05) is 30.5 Å². The third-order valence-corrected chi connectivity index (χ3v) is 7.28. The zero-order valence-electron chi connectivity index (χ0n) is 20.5. The summed E-state index contributed by atoms with van der Waals surface area (Å²) in [5.74, 6) is -0.319. The third-order valence-electron chi connectivity index (χ3n) is 6.18. The second-order valence-corrected chi connectivity index (χ2v) is 10.1. The normalized spacial score (nSPS) is 12.6. The predicted octanol–water partition coefficient (Wildman–Crippen LogP) is 7.13. The second kappa shape index (κ2) is 13.7. The molecule has 190 valence electrons. The molecule has 3 aromatic carbocycles. The molecule has 3 aromatic rings. The highest BCUT2D eigenvalue weighted by Gasteiger charge is 2.31. The van der Waals surface area contributed by atoms with Crippen LogP contribution in [0.15, 0.2) is 72.8 Å². The molecule has 0 radical (unpaired) electrons. The Bertz CT molecular complexity index is 1170. The molecule has 0 spiro atoms. The van der Waals surface area contributed by atoms with E-state index in [0.29, 0.717) is 27.9 Å². The molecule has 0 saturated carbocycles. The first kappa shape index (κ1) is 28.0. The Balaban J connectivity index is 1.94. The monoisotopic (exact) mass is 544 g/mol. The molecular weight excluding hydrogens is 515 g/mol. The van der Waals surface area contributed by atoms with Crippen LogP contribution in [0.4, 0.5) is 0 Å². The van der Waals surface area contributed by atoms with Crippen molar-refractivity contribution in [3.05, 3.63) is 105 Å². The summed E-state index contributed by atoms with van der Waals surface area (Å²) in [6.45, 7) is 4.20. The van der Waals surface area contributed by atoms with Gasteiger partial charge >= 0.3 is 0 Å². The molecule has 36 heavy (non-hydrogen) atoms. The molecule has 2 unspecified atom stereocenters. The maximum absolute atomic E-state index is 13.7. The molecule has 7 heteroatoms. The van der Waals surface area contributed by atoms with Crippen LogP contribution in [0.1, 0.15) is 43.4 Å². The molecule has 0 fully saturated rings. The molecule has 2 amide bonds. The Hall–Kier alpha value is -2.53. The van der Waals surface area contributed by atoms with Crippen LogP contribution in [0.3, 0.4) is 0 Å². The molecule has 1 N–H and O–H groups in total. The van der Waals surface area contributed by atoms with E-state index in [9.17, 15) is 9.59 Å². The lowest BCUT2D eigenvalue weighted by Gasteiger charge is -2.32. The Morgan fingerprint density at radius 3 is 2.22 bits per heavy atom. The van der Waals surface area contributed by atoms with Crippen LogP contribution < -0.4 is 5.32 Å². The van der Waals surface area contributed by atoms with Gasteiger partial charge in [0.25, 0.3) is 0 Å². The van der Waals surface area contributed by atoms with E-state index in [1.807, 2.05) is 74.5 Å². The summed E-state index contributed by atoms with van der Waals surface area (Å²) in [6, 6.07) is 21.8. The van der Waals surface area contributed by atoms with Crippen LogP contribution >= 0.6 is 34.8 Å². The summed E-state index contributed by atoms with van der Waals surface area (Å²) in [6.07, 6.45) is 1.87. The Labute approximate surface area is 228 Å². The average molecular weight is 546 g/mol. The van der Waals surface area contributed by atoms with Gasteiger partial charge in [-0.15, -0.1) is 0 Å². The second-order valence-electron chi connectivity index (χ2n) is 8.88. The maximum Gasteiger partial charge on any atom is 0.243 e. The summed E-state index contributed by atoms with van der Waals surface area (Å²) < 4.78 is 0. The van der Waals surface area contributed by atoms with Gasteiger partial charge in [-0.1, -0.05) is 96.3 Å². The minimum absolute atomic E-state index is 0.0131. The summed E-state index contributed by atoms with van der Waals surface area (Å²) in [4.78, 5) is 28.9. The van der Waals surface area contributed by atoms with E-state index in [0.717, 1.165) is 23.1 Å². The van der Waals surface area contributed by atoms with E-state index in [2.05, 4.69) is 5.32 Å². The van der Waals surface area contributed by atoms with E-state index < -0.39 is 6.04 Å². The van der Waals surface area contributed by atoms with Crippen molar-refractivity contribution < 1.29 is 9.59 Å². The van der Waals surface area contributed by atoms with Gasteiger partial charge < -0.3 is 10.2 Å². The Morgan fingerprint density at radius 1 is 0.861 bits per heavy atom. The topological polar surface area (TPSA) is 49.4 Å². The zero-order valence-corrected chi connectivity index (χ0v) is 22.8. The number of halogens is 3. The quantitative estimate of drug-likeness (QED) is 0.278. The molecule has 0 aliphatic rings. The van der Waals surface area contributed by atoms with E-state index in [1.165, 1.54) is 0 Å². The van der Waals surface area contributed by atoms with E-state index in [-0.39, 0.29) is 30.8 Å². The highest BCUT2D eigenvalue weighted by Crippen LogP contribution is 2.25. The zero-order chi connectivity index (χ0) is 26.1. The first-order chi connectivity index (χ1) is 17.3. The summed E-state index contributed by atoms with van der Waals surface area (Å²) in [7, 11) is 0. The third kappa shape index (κ3) is 7.99. The van der Waals surface area contributed by atoms with E-state index >= 15 is 0 Å². The van der Waals surface area contributed by atoms with Crippen molar-refractivity contribution in [3.63, 3.8) is 0 Å². The first-order valence-electron chi connectivity index (χ1n) is 12.1.